The number of hydrogen-bond donors (Lipinski definition) is 1. The molecule has 5 nitrogen and oxygen atoms in total. The van der Waals surface area contributed by atoms with Crippen molar-refractivity contribution in [1.29, 1.82) is 0 Å². The fourth-order valence-corrected chi connectivity index (χ4v) is 1.74. The molecule has 1 N–H and O–H groups in total. The zero-order chi connectivity index (χ0) is 9.03. The second-order valence-electron chi connectivity index (χ2n) is 2.34. The molecule has 0 bridgehead atoms. The summed E-state index contributed by atoms with van der Waals surface area (Å²) in [5.74, 6) is 0.0399. The van der Waals surface area contributed by atoms with Crippen molar-refractivity contribution in [3.8, 4) is 0 Å². The van der Waals surface area contributed by atoms with E-state index in [-0.39, 0.29) is 10.8 Å². The number of quaternary nitrogens is 1. The Bertz CT molecular complexity index is 282. The summed E-state index contributed by atoms with van der Waals surface area (Å²) in [5, 5.41) is 0.281. The lowest BCUT2D eigenvalue weighted by atomic mass is 10.6. The zero-order valence-electron chi connectivity index (χ0n) is 6.73. The Morgan fingerprint density at radius 1 is 1.58 bits per heavy atom. The van der Waals surface area contributed by atoms with Crippen LogP contribution in [0, 0.1) is 0 Å². The first-order chi connectivity index (χ1) is 5.64. The summed E-state index contributed by atoms with van der Waals surface area (Å²) in [4.78, 5) is 3.68. The van der Waals surface area contributed by atoms with Gasteiger partial charge in [0.05, 0.1) is 12.0 Å². The summed E-state index contributed by atoms with van der Waals surface area (Å²) in [5.41, 5.74) is 0. The first kappa shape index (κ1) is 9.37. The highest BCUT2D eigenvalue weighted by atomic mass is 32.2. The summed E-state index contributed by atoms with van der Waals surface area (Å²) in [6.45, 7) is 1.78. The molecule has 68 valence electrons. The van der Waals surface area contributed by atoms with Gasteiger partial charge in [-0.2, -0.15) is 8.42 Å². The average Bonchev–Trinajstić information content (AvgIpc) is 2.38. The van der Waals surface area contributed by atoms with Crippen molar-refractivity contribution in [2.24, 2.45) is 4.99 Å². The molecule has 1 aliphatic rings. The number of rotatable bonds is 4. The van der Waals surface area contributed by atoms with Crippen LogP contribution in [0.15, 0.2) is 17.4 Å². The first-order valence-electron chi connectivity index (χ1n) is 3.63. The van der Waals surface area contributed by atoms with Gasteiger partial charge in [-0.05, 0) is 6.42 Å². The van der Waals surface area contributed by atoms with Crippen molar-refractivity contribution >= 4 is 16.5 Å². The van der Waals surface area contributed by atoms with Crippen molar-refractivity contribution in [2.45, 2.75) is 13.3 Å². The van der Waals surface area contributed by atoms with E-state index in [4.69, 9.17) is 4.28 Å². The van der Waals surface area contributed by atoms with E-state index < -0.39 is 10.1 Å². The van der Waals surface area contributed by atoms with E-state index in [1.165, 1.54) is 18.7 Å². The molecule has 0 saturated heterocycles. The van der Waals surface area contributed by atoms with Crippen molar-refractivity contribution in [3.63, 3.8) is 0 Å². The Kier molecular flexibility index (Phi) is 2.96. The molecule has 0 fully saturated rings. The standard InChI is InChI=1S/C6H10N2O3S/c1-2-5-12(9,10)11-8-4-3-7-6-8/h3-4,6H,2,5H2,1H3/p+1. The van der Waals surface area contributed by atoms with E-state index in [1.54, 1.807) is 6.92 Å². The number of hydrogen-bond acceptors (Lipinski definition) is 4. The van der Waals surface area contributed by atoms with Crippen LogP contribution in [0.5, 0.6) is 0 Å². The quantitative estimate of drug-likeness (QED) is 0.623. The molecular weight excluding hydrogens is 180 g/mol. The third-order valence-corrected chi connectivity index (χ3v) is 2.56. The molecule has 0 aromatic carbocycles. The number of aliphatic imine (C=N–C) groups is 1. The van der Waals surface area contributed by atoms with E-state index >= 15 is 0 Å². The van der Waals surface area contributed by atoms with Gasteiger partial charge in [-0.25, -0.2) is 4.99 Å². The van der Waals surface area contributed by atoms with Gasteiger partial charge in [0, 0.05) is 0 Å². The summed E-state index contributed by atoms with van der Waals surface area (Å²) >= 11 is 0. The van der Waals surface area contributed by atoms with Crippen LogP contribution in [0.2, 0.25) is 0 Å². The number of nitrogens with zero attached hydrogens (tertiary/aromatic N) is 1. The van der Waals surface area contributed by atoms with Crippen molar-refractivity contribution in [2.75, 3.05) is 5.75 Å². The third-order valence-electron chi connectivity index (χ3n) is 1.20. The van der Waals surface area contributed by atoms with Crippen LogP contribution in [-0.2, 0) is 14.4 Å². The molecule has 0 spiro atoms. The molecule has 1 rings (SSSR count). The summed E-state index contributed by atoms with van der Waals surface area (Å²) < 4.78 is 26.8. The van der Waals surface area contributed by atoms with Crippen molar-refractivity contribution in [1.82, 2.24) is 0 Å². The second kappa shape index (κ2) is 3.79. The number of nitrogens with one attached hydrogen (secondary N) is 1. The number of hydroxylamine groups is 2. The molecule has 0 saturated carbocycles. The highest BCUT2D eigenvalue weighted by Gasteiger charge is 2.19. The van der Waals surface area contributed by atoms with Crippen molar-refractivity contribution in [3.05, 3.63) is 12.4 Å². The van der Waals surface area contributed by atoms with Gasteiger partial charge >= 0.3 is 10.1 Å². The SMILES string of the molecule is CCCS(=O)(=O)O[NH+]1C=CN=C1. The molecular formula is C6H11N2O3S+. The van der Waals surface area contributed by atoms with Crippen LogP contribution in [0.4, 0.5) is 0 Å². The third kappa shape index (κ3) is 2.72. The van der Waals surface area contributed by atoms with Gasteiger partial charge < -0.3 is 0 Å². The average molecular weight is 191 g/mol. The molecule has 0 aliphatic carbocycles. The Labute approximate surface area is 71.4 Å². The second-order valence-corrected chi connectivity index (χ2v) is 4.03. The lowest BCUT2D eigenvalue weighted by molar-refractivity contribution is -0.932. The van der Waals surface area contributed by atoms with E-state index in [0.29, 0.717) is 6.42 Å². The molecule has 0 amide bonds. The minimum atomic E-state index is -3.39. The minimum Gasteiger partial charge on any atom is -0.203 e. The van der Waals surface area contributed by atoms with Gasteiger partial charge in [-0.1, -0.05) is 11.2 Å². The predicted molar refractivity (Wildman–Crippen MR) is 43.8 cm³/mol. The fourth-order valence-electron chi connectivity index (χ4n) is 0.764. The molecule has 1 heterocycles. The summed E-state index contributed by atoms with van der Waals surface area (Å²) in [6, 6.07) is 0. The molecule has 6 heteroatoms. The van der Waals surface area contributed by atoms with E-state index in [9.17, 15) is 8.42 Å². The topological polar surface area (TPSA) is 60.2 Å². The maximum atomic E-state index is 11.0. The summed E-state index contributed by atoms with van der Waals surface area (Å²) in [6.07, 6.45) is 4.91. The van der Waals surface area contributed by atoms with Gasteiger partial charge in [0.25, 0.3) is 0 Å². The monoisotopic (exact) mass is 191 g/mol. The smallest absolute Gasteiger partial charge is 0.203 e. The van der Waals surface area contributed by atoms with Gasteiger partial charge in [0.2, 0.25) is 6.34 Å². The summed E-state index contributed by atoms with van der Waals surface area (Å²) in [7, 11) is -3.39. The Morgan fingerprint density at radius 3 is 2.83 bits per heavy atom. The van der Waals surface area contributed by atoms with Crippen LogP contribution in [0.25, 0.3) is 0 Å². The fraction of sp³-hybridized carbons (Fsp3) is 0.500. The zero-order valence-corrected chi connectivity index (χ0v) is 7.54. The van der Waals surface area contributed by atoms with Crippen molar-refractivity contribution < 1.29 is 17.8 Å². The van der Waals surface area contributed by atoms with Crippen LogP contribution in [-0.4, -0.2) is 20.5 Å². The maximum absolute atomic E-state index is 11.0. The van der Waals surface area contributed by atoms with Gasteiger partial charge in [0.1, 0.15) is 0 Å². The lowest BCUT2D eigenvalue weighted by Crippen LogP contribution is -3.05. The molecule has 0 radical (unpaired) electrons. The minimum absolute atomic E-state index is 0.0399. The highest BCUT2D eigenvalue weighted by Crippen LogP contribution is 1.90. The Morgan fingerprint density at radius 2 is 2.33 bits per heavy atom. The van der Waals surface area contributed by atoms with E-state index in [1.807, 2.05) is 0 Å². The molecule has 1 atom stereocenters. The molecule has 0 aromatic heterocycles. The van der Waals surface area contributed by atoms with Crippen LogP contribution in [0.1, 0.15) is 13.3 Å². The molecule has 12 heavy (non-hydrogen) atoms. The van der Waals surface area contributed by atoms with Crippen LogP contribution >= 0.6 is 0 Å². The van der Waals surface area contributed by atoms with Crippen LogP contribution < -0.4 is 5.06 Å². The lowest BCUT2D eigenvalue weighted by Gasteiger charge is -2.03. The van der Waals surface area contributed by atoms with E-state index in [2.05, 4.69) is 4.99 Å². The Hall–Kier alpha value is -0.720. The highest BCUT2D eigenvalue weighted by molar-refractivity contribution is 7.86. The largest absolute Gasteiger partial charge is 0.315 e. The normalized spacial score (nSPS) is 21.9. The Balaban J connectivity index is 2.50. The van der Waals surface area contributed by atoms with Gasteiger partial charge in [-0.3, -0.25) is 0 Å². The predicted octanol–water partition coefficient (Wildman–Crippen LogP) is -0.944. The first-order valence-corrected chi connectivity index (χ1v) is 5.20. The molecule has 0 aromatic rings. The maximum Gasteiger partial charge on any atom is 0.315 e. The molecule has 1 unspecified atom stereocenters. The van der Waals surface area contributed by atoms with Crippen LogP contribution in [0.3, 0.4) is 0 Å². The molecule has 1 aliphatic heterocycles. The van der Waals surface area contributed by atoms with E-state index in [0.717, 1.165) is 0 Å². The van der Waals surface area contributed by atoms with Gasteiger partial charge in [0.15, 0.2) is 6.20 Å². The van der Waals surface area contributed by atoms with Gasteiger partial charge in [-0.15, -0.1) is 5.06 Å².